The van der Waals surface area contributed by atoms with Gasteiger partial charge in [0.15, 0.2) is 0 Å². The normalized spacial score (nSPS) is 21.8. The van der Waals surface area contributed by atoms with Crippen LogP contribution in [0, 0.1) is 26.2 Å². The first-order valence-electron chi connectivity index (χ1n) is 12.7. The molecular weight excluding hydrogens is 534 g/mol. The Morgan fingerprint density at radius 2 is 1.90 bits per heavy atom. The van der Waals surface area contributed by atoms with Crippen LogP contribution >= 0.6 is 0 Å². The van der Waals surface area contributed by atoms with Gasteiger partial charge in [-0.3, -0.25) is 14.6 Å². The van der Waals surface area contributed by atoms with E-state index in [1.165, 1.54) is 6.07 Å². The highest BCUT2D eigenvalue weighted by molar-refractivity contribution is 5.93. The molecule has 3 aliphatic rings. The fourth-order valence-electron chi connectivity index (χ4n) is 5.44. The number of morpholine rings is 1. The molecule has 3 aliphatic heterocycles. The Bertz CT molecular complexity index is 1330. The summed E-state index contributed by atoms with van der Waals surface area (Å²) in [6, 6.07) is 6.88. The summed E-state index contributed by atoms with van der Waals surface area (Å²) >= 11 is 0. The molecule has 0 spiro atoms. The van der Waals surface area contributed by atoms with Crippen molar-refractivity contribution in [1.82, 2.24) is 9.80 Å². The summed E-state index contributed by atoms with van der Waals surface area (Å²) in [6.07, 6.45) is -6.54. The van der Waals surface area contributed by atoms with Crippen LogP contribution in [-0.4, -0.2) is 78.7 Å². The molecule has 8 nitrogen and oxygen atoms in total. The van der Waals surface area contributed by atoms with Gasteiger partial charge >= 0.3 is 12.1 Å². The highest BCUT2D eigenvalue weighted by atomic mass is 19.4. The molecule has 214 valence electrons. The van der Waals surface area contributed by atoms with Crippen LogP contribution in [0.4, 0.5) is 23.2 Å². The van der Waals surface area contributed by atoms with Crippen LogP contribution in [0.5, 0.6) is 0 Å². The SMILES string of the molecule is O=CC(F)(F)F.[C-]#[N+]c1c(F)ccc([C@@H]2CN3CCN(C[C@H](O)c4ccc5c(c4C)COC5=O)C[C@H]3CO2)c1C. The van der Waals surface area contributed by atoms with Crippen molar-refractivity contribution >= 4 is 17.9 Å². The highest BCUT2D eigenvalue weighted by Gasteiger charge is 2.36. The molecule has 12 heteroatoms. The van der Waals surface area contributed by atoms with Crippen LogP contribution in [0.3, 0.4) is 0 Å². The van der Waals surface area contributed by atoms with Gasteiger partial charge in [-0.15, -0.1) is 0 Å². The van der Waals surface area contributed by atoms with Gasteiger partial charge in [-0.25, -0.2) is 14.0 Å². The molecule has 0 unspecified atom stereocenters. The monoisotopic (exact) mass is 563 g/mol. The predicted octanol–water partition coefficient (Wildman–Crippen LogP) is 4.20. The number of benzene rings is 2. The number of carbonyl (C=O) groups excluding carboxylic acids is 2. The molecule has 0 aliphatic carbocycles. The molecule has 0 saturated carbocycles. The van der Waals surface area contributed by atoms with E-state index in [2.05, 4.69) is 14.6 Å². The standard InChI is InChI=1S/C26H28FN3O4.C2HF3O/c1-15-18(4-5-20-21(15)14-34-26(20)32)23(31)11-29-8-9-30-12-24(33-13-17(30)10-29)19-6-7-22(27)25(28-3)16(19)2;3-2(4,5)1-6/h4-7,17,23-24,31H,8-14H2,1-2H3;1H/t17-,23-,24-;/m0./s1. The first-order chi connectivity index (χ1) is 18.9. The zero-order valence-corrected chi connectivity index (χ0v) is 22.0. The number of nitrogens with zero attached hydrogens (tertiary/aromatic N) is 3. The van der Waals surface area contributed by atoms with Gasteiger partial charge in [0.25, 0.3) is 0 Å². The molecule has 0 radical (unpaired) electrons. The van der Waals surface area contributed by atoms with Crippen LogP contribution in [0.1, 0.15) is 50.4 Å². The Morgan fingerprint density at radius 3 is 2.58 bits per heavy atom. The number of aliphatic hydroxyl groups is 1. The second-order valence-corrected chi connectivity index (χ2v) is 10.0. The lowest BCUT2D eigenvalue weighted by Gasteiger charge is -2.46. The number of esters is 1. The molecule has 2 fully saturated rings. The van der Waals surface area contributed by atoms with Crippen molar-refractivity contribution in [3.63, 3.8) is 0 Å². The molecule has 2 saturated heterocycles. The molecule has 0 aromatic heterocycles. The number of β-amino-alcohol motifs (C(OH)–C–C–N with tert-alkyl or cyclic N) is 1. The Kier molecular flexibility index (Phi) is 8.90. The number of aldehydes is 1. The second-order valence-electron chi connectivity index (χ2n) is 10.0. The fourth-order valence-corrected chi connectivity index (χ4v) is 5.44. The maximum atomic E-state index is 13.9. The molecule has 40 heavy (non-hydrogen) atoms. The summed E-state index contributed by atoms with van der Waals surface area (Å²) in [5, 5.41) is 11.0. The molecule has 2 aromatic rings. The summed E-state index contributed by atoms with van der Waals surface area (Å²) in [6.45, 7) is 15.4. The number of cyclic esters (lactones) is 1. The summed E-state index contributed by atoms with van der Waals surface area (Å²) < 4.78 is 56.5. The molecule has 5 rings (SSSR count). The van der Waals surface area contributed by atoms with E-state index in [1.54, 1.807) is 19.1 Å². The van der Waals surface area contributed by atoms with Crippen LogP contribution in [0.25, 0.3) is 4.85 Å². The maximum absolute atomic E-state index is 13.9. The van der Waals surface area contributed by atoms with Gasteiger partial charge in [0.2, 0.25) is 12.0 Å². The Hall–Kier alpha value is -3.37. The Labute approximate surface area is 228 Å². The first kappa shape index (κ1) is 29.6. The third kappa shape index (κ3) is 6.33. The van der Waals surface area contributed by atoms with Crippen molar-refractivity contribution in [1.29, 1.82) is 0 Å². The van der Waals surface area contributed by atoms with E-state index in [4.69, 9.17) is 20.8 Å². The van der Waals surface area contributed by atoms with E-state index >= 15 is 0 Å². The molecular formula is C28H29F4N3O5. The van der Waals surface area contributed by atoms with Gasteiger partial charge in [0.05, 0.1) is 31.0 Å². The molecule has 0 bridgehead atoms. The van der Waals surface area contributed by atoms with Crippen molar-refractivity contribution in [3.8, 4) is 0 Å². The first-order valence-corrected chi connectivity index (χ1v) is 12.7. The number of carbonyl (C=O) groups is 2. The van der Waals surface area contributed by atoms with Gasteiger partial charge in [-0.2, -0.15) is 13.2 Å². The number of aliphatic hydroxyl groups excluding tert-OH is 1. The van der Waals surface area contributed by atoms with E-state index in [1.807, 2.05) is 13.0 Å². The Balaban J connectivity index is 0.000000557. The number of fused-ring (bicyclic) bond motifs is 2. The van der Waals surface area contributed by atoms with Gasteiger partial charge < -0.3 is 14.6 Å². The van der Waals surface area contributed by atoms with Gasteiger partial charge in [0.1, 0.15) is 12.4 Å². The van der Waals surface area contributed by atoms with Crippen molar-refractivity contribution in [2.24, 2.45) is 0 Å². The summed E-state index contributed by atoms with van der Waals surface area (Å²) in [5.74, 6) is -0.790. The van der Waals surface area contributed by atoms with Crippen LogP contribution in [0.2, 0.25) is 0 Å². The number of rotatable bonds is 4. The minimum Gasteiger partial charge on any atom is -0.457 e. The highest BCUT2D eigenvalue weighted by Crippen LogP contribution is 2.35. The third-order valence-electron chi connectivity index (χ3n) is 7.59. The van der Waals surface area contributed by atoms with Gasteiger partial charge in [0, 0.05) is 44.3 Å². The average molecular weight is 564 g/mol. The summed E-state index contributed by atoms with van der Waals surface area (Å²) in [7, 11) is 0. The molecule has 3 heterocycles. The fraction of sp³-hybridized carbons (Fsp3) is 0.464. The van der Waals surface area contributed by atoms with Crippen LogP contribution < -0.4 is 0 Å². The van der Waals surface area contributed by atoms with Crippen molar-refractivity contribution in [2.75, 3.05) is 39.3 Å². The lowest BCUT2D eigenvalue weighted by atomic mass is 9.95. The zero-order valence-electron chi connectivity index (χ0n) is 22.0. The predicted molar refractivity (Wildman–Crippen MR) is 135 cm³/mol. The minimum absolute atomic E-state index is 0.0693. The van der Waals surface area contributed by atoms with Crippen molar-refractivity contribution in [3.05, 3.63) is 74.9 Å². The van der Waals surface area contributed by atoms with Gasteiger partial charge in [-0.05, 0) is 48.2 Å². The number of ether oxygens (including phenoxy) is 2. The van der Waals surface area contributed by atoms with Crippen molar-refractivity contribution < 1.29 is 41.7 Å². The maximum Gasteiger partial charge on any atom is 0.446 e. The molecule has 0 amide bonds. The zero-order chi connectivity index (χ0) is 29.2. The van der Waals surface area contributed by atoms with E-state index < -0.39 is 24.4 Å². The second kappa shape index (κ2) is 12.0. The number of hydrogen-bond donors (Lipinski definition) is 1. The number of alkyl halides is 3. The smallest absolute Gasteiger partial charge is 0.446 e. The number of hydrogen-bond acceptors (Lipinski definition) is 7. The van der Waals surface area contributed by atoms with E-state index in [0.717, 1.165) is 41.9 Å². The van der Waals surface area contributed by atoms with E-state index in [-0.39, 0.29) is 30.4 Å². The lowest BCUT2D eigenvalue weighted by Crippen LogP contribution is -2.58. The molecule has 3 atom stereocenters. The largest absolute Gasteiger partial charge is 0.457 e. The number of halogens is 4. The number of piperazine rings is 1. The lowest BCUT2D eigenvalue weighted by molar-refractivity contribution is -0.156. The minimum atomic E-state index is -4.64. The quantitative estimate of drug-likeness (QED) is 0.258. The summed E-state index contributed by atoms with van der Waals surface area (Å²) in [5.41, 5.74) is 4.81. The molecule has 2 aromatic carbocycles. The van der Waals surface area contributed by atoms with Crippen LogP contribution in [-0.2, 0) is 20.9 Å². The topological polar surface area (TPSA) is 83.7 Å². The van der Waals surface area contributed by atoms with E-state index in [0.29, 0.717) is 30.8 Å². The molecule has 1 N–H and O–H groups in total. The average Bonchev–Trinajstić information content (AvgIpc) is 3.30. The van der Waals surface area contributed by atoms with Crippen molar-refractivity contribution in [2.45, 2.75) is 44.9 Å². The van der Waals surface area contributed by atoms with Crippen LogP contribution in [0.15, 0.2) is 24.3 Å². The summed E-state index contributed by atoms with van der Waals surface area (Å²) in [4.78, 5) is 28.5. The Morgan fingerprint density at radius 1 is 1.18 bits per heavy atom. The van der Waals surface area contributed by atoms with Gasteiger partial charge in [-0.1, -0.05) is 12.1 Å². The third-order valence-corrected chi connectivity index (χ3v) is 7.59. The van der Waals surface area contributed by atoms with E-state index in [9.17, 15) is 27.5 Å².